The number of hydrogen-bond donors (Lipinski definition) is 1. The zero-order valence-electron chi connectivity index (χ0n) is 14.9. The number of fused-ring (bicyclic) bond motifs is 1. The van der Waals surface area contributed by atoms with Crippen LogP contribution in [0.25, 0.3) is 0 Å². The minimum Gasteiger partial charge on any atom is -0.488 e. The van der Waals surface area contributed by atoms with E-state index in [9.17, 15) is 13.2 Å². The van der Waals surface area contributed by atoms with Gasteiger partial charge in [0.15, 0.2) is 11.4 Å². The molecule has 2 rings (SSSR count). The van der Waals surface area contributed by atoms with Crippen molar-refractivity contribution in [2.45, 2.75) is 44.6 Å². The molecule has 1 aromatic rings. The fourth-order valence-electron chi connectivity index (χ4n) is 2.40. The van der Waals surface area contributed by atoms with Gasteiger partial charge in [-0.05, 0) is 20.3 Å². The summed E-state index contributed by atoms with van der Waals surface area (Å²) < 4.78 is 39.7. The summed E-state index contributed by atoms with van der Waals surface area (Å²) in [7, 11) is -2.24. The summed E-state index contributed by atoms with van der Waals surface area (Å²) in [6, 6.07) is 0. The van der Waals surface area contributed by atoms with Crippen molar-refractivity contribution < 1.29 is 22.7 Å². The van der Waals surface area contributed by atoms with Gasteiger partial charge in [0.2, 0.25) is 10.0 Å². The second-order valence-electron chi connectivity index (χ2n) is 5.45. The zero-order valence-corrected chi connectivity index (χ0v) is 15.7. The molecule has 0 radical (unpaired) electrons. The van der Waals surface area contributed by atoms with Crippen molar-refractivity contribution in [2.24, 2.45) is 7.05 Å². The maximum Gasteiger partial charge on any atom is 0.358 e. The summed E-state index contributed by atoms with van der Waals surface area (Å²) in [5.41, 5.74) is -0.734. The molecule has 1 unspecified atom stereocenters. The lowest BCUT2D eigenvalue weighted by Gasteiger charge is -2.26. The average Bonchev–Trinajstić information content (AvgIpc) is 2.80. The summed E-state index contributed by atoms with van der Waals surface area (Å²) in [5, 5.41) is 0. The number of carbonyl (C=O) groups excluding carboxylic acids is 1. The van der Waals surface area contributed by atoms with Gasteiger partial charge >= 0.3 is 5.97 Å². The SMILES string of the molecule is C=CCC1(C)COc2c(cn(C)c2C(=O)OCC)S(=O)(=O)N1.CC. The standard InChI is InChI=1S/C14H20N2O5S.C2H6/c1-5-7-14(3)9-21-12-10(22(18,19)15-14)8-16(4)11(12)13(17)20-6-2;1-2/h5,8,15H,1,6-7,9H2,2-4H3;1-2H3. The maximum absolute atomic E-state index is 12.5. The Morgan fingerprint density at radius 2 is 2.17 bits per heavy atom. The molecule has 8 heteroatoms. The predicted octanol–water partition coefficient (Wildman–Crippen LogP) is 2.23. The van der Waals surface area contributed by atoms with Crippen molar-refractivity contribution >= 4 is 16.0 Å². The lowest BCUT2D eigenvalue weighted by atomic mass is 10.0. The Labute approximate surface area is 143 Å². The Morgan fingerprint density at radius 1 is 1.54 bits per heavy atom. The largest absolute Gasteiger partial charge is 0.488 e. The van der Waals surface area contributed by atoms with E-state index in [1.165, 1.54) is 10.8 Å². The molecule has 0 amide bonds. The molecule has 1 aliphatic heterocycles. The quantitative estimate of drug-likeness (QED) is 0.659. The summed E-state index contributed by atoms with van der Waals surface area (Å²) in [5.74, 6) is -0.588. The molecule has 0 aliphatic carbocycles. The van der Waals surface area contributed by atoms with Gasteiger partial charge < -0.3 is 14.0 Å². The van der Waals surface area contributed by atoms with Crippen LogP contribution < -0.4 is 9.46 Å². The molecule has 1 atom stereocenters. The molecule has 136 valence electrons. The Morgan fingerprint density at radius 3 is 2.71 bits per heavy atom. The van der Waals surface area contributed by atoms with Crippen LogP contribution in [0.4, 0.5) is 0 Å². The Balaban J connectivity index is 0.00000139. The summed E-state index contributed by atoms with van der Waals surface area (Å²) in [6.45, 7) is 11.3. The van der Waals surface area contributed by atoms with Crippen LogP contribution in [-0.2, 0) is 21.8 Å². The second-order valence-corrected chi connectivity index (χ2v) is 7.10. The van der Waals surface area contributed by atoms with E-state index < -0.39 is 21.5 Å². The third-order valence-corrected chi connectivity index (χ3v) is 5.00. The molecule has 0 aromatic carbocycles. The number of aryl methyl sites for hydroxylation is 1. The highest BCUT2D eigenvalue weighted by molar-refractivity contribution is 7.89. The van der Waals surface area contributed by atoms with Crippen LogP contribution in [0.5, 0.6) is 5.75 Å². The van der Waals surface area contributed by atoms with E-state index in [2.05, 4.69) is 11.3 Å². The van der Waals surface area contributed by atoms with Crippen molar-refractivity contribution in [2.75, 3.05) is 13.2 Å². The van der Waals surface area contributed by atoms with E-state index in [1.807, 2.05) is 13.8 Å². The normalized spacial score (nSPS) is 21.4. The first kappa shape index (κ1) is 20.2. The molecular formula is C16H26N2O5S. The van der Waals surface area contributed by atoms with Gasteiger partial charge in [0, 0.05) is 13.2 Å². The first-order valence-electron chi connectivity index (χ1n) is 7.88. The fraction of sp³-hybridized carbons (Fsp3) is 0.562. The third-order valence-electron chi connectivity index (χ3n) is 3.37. The van der Waals surface area contributed by atoms with Crippen LogP contribution in [0.1, 0.15) is 44.6 Å². The number of sulfonamides is 1. The van der Waals surface area contributed by atoms with Gasteiger partial charge in [0.05, 0.1) is 12.1 Å². The first-order chi connectivity index (χ1) is 11.2. The Bertz CT molecular complexity index is 708. The van der Waals surface area contributed by atoms with Crippen molar-refractivity contribution in [3.8, 4) is 5.75 Å². The number of aromatic nitrogens is 1. The number of carbonyl (C=O) groups is 1. The monoisotopic (exact) mass is 358 g/mol. The molecule has 0 fully saturated rings. The molecule has 0 saturated heterocycles. The topological polar surface area (TPSA) is 86.6 Å². The number of rotatable bonds is 4. The smallest absolute Gasteiger partial charge is 0.358 e. The highest BCUT2D eigenvalue weighted by atomic mass is 32.2. The van der Waals surface area contributed by atoms with Crippen molar-refractivity contribution in [1.29, 1.82) is 0 Å². The molecule has 0 bridgehead atoms. The van der Waals surface area contributed by atoms with Crippen LogP contribution in [0, 0.1) is 0 Å². The van der Waals surface area contributed by atoms with Gasteiger partial charge in [0.1, 0.15) is 11.5 Å². The highest BCUT2D eigenvalue weighted by Gasteiger charge is 2.39. The lowest BCUT2D eigenvalue weighted by molar-refractivity contribution is 0.0508. The average molecular weight is 358 g/mol. The van der Waals surface area contributed by atoms with Crippen LogP contribution in [0.3, 0.4) is 0 Å². The molecule has 1 aliphatic rings. The molecule has 24 heavy (non-hydrogen) atoms. The van der Waals surface area contributed by atoms with Gasteiger partial charge in [-0.15, -0.1) is 6.58 Å². The van der Waals surface area contributed by atoms with E-state index in [4.69, 9.17) is 9.47 Å². The molecule has 0 spiro atoms. The third kappa shape index (κ3) is 3.99. The number of ether oxygens (including phenoxy) is 2. The number of nitrogens with one attached hydrogen (secondary N) is 1. The van der Waals surface area contributed by atoms with E-state index in [0.29, 0.717) is 6.42 Å². The minimum absolute atomic E-state index is 0.0289. The predicted molar refractivity (Wildman–Crippen MR) is 91.8 cm³/mol. The molecular weight excluding hydrogens is 332 g/mol. The molecule has 1 aromatic heterocycles. The molecule has 7 nitrogen and oxygen atoms in total. The van der Waals surface area contributed by atoms with Gasteiger partial charge in [-0.1, -0.05) is 19.9 Å². The van der Waals surface area contributed by atoms with Crippen LogP contribution >= 0.6 is 0 Å². The van der Waals surface area contributed by atoms with E-state index in [1.54, 1.807) is 27.0 Å². The maximum atomic E-state index is 12.5. The summed E-state index contributed by atoms with van der Waals surface area (Å²) in [4.78, 5) is 12.0. The fourth-order valence-corrected chi connectivity index (χ4v) is 4.00. The zero-order chi connectivity index (χ0) is 18.5. The van der Waals surface area contributed by atoms with E-state index >= 15 is 0 Å². The number of nitrogens with zero attached hydrogens (tertiary/aromatic N) is 1. The van der Waals surface area contributed by atoms with E-state index in [0.717, 1.165) is 0 Å². The number of esters is 1. The van der Waals surface area contributed by atoms with Crippen LogP contribution in [0.2, 0.25) is 0 Å². The van der Waals surface area contributed by atoms with Crippen LogP contribution in [0.15, 0.2) is 23.7 Å². The highest BCUT2D eigenvalue weighted by Crippen LogP contribution is 2.35. The van der Waals surface area contributed by atoms with Gasteiger partial charge in [0.25, 0.3) is 0 Å². The number of hydrogen-bond acceptors (Lipinski definition) is 5. The lowest BCUT2D eigenvalue weighted by Crippen LogP contribution is -2.48. The molecule has 2 heterocycles. The second kappa shape index (κ2) is 7.85. The van der Waals surface area contributed by atoms with Crippen LogP contribution in [-0.4, -0.2) is 37.7 Å². The van der Waals surface area contributed by atoms with Gasteiger partial charge in [-0.25, -0.2) is 17.9 Å². The molecule has 1 N–H and O–H groups in total. The van der Waals surface area contributed by atoms with Crippen molar-refractivity contribution in [3.05, 3.63) is 24.5 Å². The van der Waals surface area contributed by atoms with Crippen molar-refractivity contribution in [1.82, 2.24) is 9.29 Å². The van der Waals surface area contributed by atoms with Gasteiger partial charge in [-0.2, -0.15) is 0 Å². The molecule has 0 saturated carbocycles. The summed E-state index contributed by atoms with van der Waals surface area (Å²) in [6.07, 6.45) is 3.37. The Hall–Kier alpha value is -1.80. The first-order valence-corrected chi connectivity index (χ1v) is 9.36. The van der Waals surface area contributed by atoms with Crippen molar-refractivity contribution in [3.63, 3.8) is 0 Å². The minimum atomic E-state index is -3.81. The summed E-state index contributed by atoms with van der Waals surface area (Å²) >= 11 is 0. The Kier molecular flexibility index (Phi) is 6.62. The van der Waals surface area contributed by atoms with E-state index in [-0.39, 0.29) is 29.6 Å². The van der Waals surface area contributed by atoms with Gasteiger partial charge in [-0.3, -0.25) is 0 Å².